The number of nitrogens with zero attached hydrogens (tertiary/aromatic N) is 4. The van der Waals surface area contributed by atoms with Gasteiger partial charge in [-0.2, -0.15) is 5.10 Å². The van der Waals surface area contributed by atoms with Gasteiger partial charge in [-0.05, 0) is 61.5 Å². The molecule has 0 radical (unpaired) electrons. The van der Waals surface area contributed by atoms with Crippen molar-refractivity contribution in [1.29, 1.82) is 0 Å². The van der Waals surface area contributed by atoms with Gasteiger partial charge in [-0.1, -0.05) is 32.1 Å². The van der Waals surface area contributed by atoms with Crippen LogP contribution < -0.4 is 5.69 Å². The van der Waals surface area contributed by atoms with Gasteiger partial charge in [0.2, 0.25) is 6.41 Å². The van der Waals surface area contributed by atoms with E-state index < -0.39 is 5.69 Å². The van der Waals surface area contributed by atoms with Crippen molar-refractivity contribution in [2.24, 2.45) is 5.41 Å². The van der Waals surface area contributed by atoms with Crippen molar-refractivity contribution in [3.63, 3.8) is 0 Å². The van der Waals surface area contributed by atoms with E-state index in [4.69, 9.17) is 0 Å². The summed E-state index contributed by atoms with van der Waals surface area (Å²) in [7, 11) is 0. The van der Waals surface area contributed by atoms with E-state index in [-0.39, 0.29) is 17.4 Å². The van der Waals surface area contributed by atoms with Crippen LogP contribution in [0.4, 0.5) is 0 Å². The Balaban J connectivity index is 1.31. The first-order valence-electron chi connectivity index (χ1n) is 12.5. The molecule has 0 unspecified atom stereocenters. The standard InChI is InChI=1S/C27H33N5O4/c1-18(2)21-12-22(24(35)13-23(21)34)25-28-29-26(36)32(25)20-5-3-4-19(6-7-20)14-30-10-8-27(9-11-30)15-31(16-27)17-33/h4-7,12-13,17-18,34-35H,3,8-11,14-16H2,1-2H3,(H,29,36). The second-order valence-electron chi connectivity index (χ2n) is 10.5. The van der Waals surface area contributed by atoms with Gasteiger partial charge in [0.25, 0.3) is 0 Å². The normalized spacial score (nSPS) is 19.7. The first-order valence-corrected chi connectivity index (χ1v) is 12.5. The SMILES string of the molecule is CC(C)c1cc(-c2n[nH]c(=O)n2C2=CCC=C(CN3CCC4(CC3)CN(C=O)C4)C=C2)c(O)cc1O. The van der Waals surface area contributed by atoms with Crippen molar-refractivity contribution >= 4 is 12.1 Å². The van der Waals surface area contributed by atoms with Gasteiger partial charge in [0, 0.05) is 36.8 Å². The number of aromatic hydroxyl groups is 2. The van der Waals surface area contributed by atoms with E-state index in [9.17, 15) is 19.8 Å². The number of hydrogen-bond acceptors (Lipinski definition) is 6. The smallest absolute Gasteiger partial charge is 0.348 e. The van der Waals surface area contributed by atoms with Gasteiger partial charge < -0.3 is 15.1 Å². The van der Waals surface area contributed by atoms with Crippen LogP contribution in [0.1, 0.15) is 44.6 Å². The zero-order valence-corrected chi connectivity index (χ0v) is 20.8. The maximum absolute atomic E-state index is 12.7. The van der Waals surface area contributed by atoms with Crippen molar-refractivity contribution in [1.82, 2.24) is 24.6 Å². The van der Waals surface area contributed by atoms with Gasteiger partial charge in [-0.25, -0.2) is 14.5 Å². The van der Waals surface area contributed by atoms with Crippen molar-refractivity contribution in [3.05, 3.63) is 58.1 Å². The molecule has 9 nitrogen and oxygen atoms in total. The van der Waals surface area contributed by atoms with Crippen molar-refractivity contribution in [2.45, 2.75) is 39.0 Å². The fraction of sp³-hybridized carbons (Fsp3) is 0.444. The number of phenols is 2. The molecule has 36 heavy (non-hydrogen) atoms. The van der Waals surface area contributed by atoms with Gasteiger partial charge in [0.1, 0.15) is 11.5 Å². The summed E-state index contributed by atoms with van der Waals surface area (Å²) in [6.45, 7) is 8.55. The number of benzene rings is 1. The summed E-state index contributed by atoms with van der Waals surface area (Å²) in [5.74, 6) is 0.204. The monoisotopic (exact) mass is 491 g/mol. The molecule has 2 aliphatic heterocycles. The Labute approximate surface area is 210 Å². The number of likely N-dealkylation sites (tertiary alicyclic amines) is 2. The second kappa shape index (κ2) is 9.46. The molecule has 3 heterocycles. The van der Waals surface area contributed by atoms with Crippen LogP contribution in [0.3, 0.4) is 0 Å². The number of H-pyrrole nitrogens is 1. The van der Waals surface area contributed by atoms with E-state index >= 15 is 0 Å². The molecule has 1 aromatic carbocycles. The summed E-state index contributed by atoms with van der Waals surface area (Å²) < 4.78 is 1.46. The molecular formula is C27H33N5O4. The van der Waals surface area contributed by atoms with Crippen LogP contribution >= 0.6 is 0 Å². The molecule has 2 saturated heterocycles. The molecule has 0 saturated carbocycles. The third kappa shape index (κ3) is 4.51. The Hall–Kier alpha value is -3.59. The Morgan fingerprint density at radius 3 is 2.56 bits per heavy atom. The van der Waals surface area contributed by atoms with Crippen LogP contribution in [0.15, 0.2) is 46.8 Å². The van der Waals surface area contributed by atoms with E-state index in [1.54, 1.807) is 6.07 Å². The molecule has 2 aromatic rings. The summed E-state index contributed by atoms with van der Waals surface area (Å²) >= 11 is 0. The number of piperidine rings is 1. The van der Waals surface area contributed by atoms with Gasteiger partial charge in [0.15, 0.2) is 5.82 Å². The summed E-state index contributed by atoms with van der Waals surface area (Å²) in [6, 6.07) is 2.99. The first kappa shape index (κ1) is 24.1. The Morgan fingerprint density at radius 2 is 1.86 bits per heavy atom. The maximum Gasteiger partial charge on any atom is 0.348 e. The van der Waals surface area contributed by atoms with Crippen molar-refractivity contribution in [2.75, 3.05) is 32.7 Å². The minimum absolute atomic E-state index is 0.0140. The number of nitrogens with one attached hydrogen (secondary N) is 1. The van der Waals surface area contributed by atoms with Crippen LogP contribution in [0.5, 0.6) is 11.5 Å². The van der Waals surface area contributed by atoms with Gasteiger partial charge in [0.05, 0.1) is 5.56 Å². The number of carbonyl (C=O) groups is 1. The zero-order chi connectivity index (χ0) is 25.4. The number of aromatic nitrogens is 3. The fourth-order valence-corrected chi connectivity index (χ4v) is 5.55. The zero-order valence-electron chi connectivity index (χ0n) is 20.8. The Morgan fingerprint density at radius 1 is 1.11 bits per heavy atom. The highest BCUT2D eigenvalue weighted by atomic mass is 16.3. The number of allylic oxidation sites excluding steroid dienone is 4. The summed E-state index contributed by atoms with van der Waals surface area (Å²) in [5, 5.41) is 27.5. The van der Waals surface area contributed by atoms with Crippen LogP contribution in [0.2, 0.25) is 0 Å². The number of aromatic amines is 1. The Bertz CT molecular complexity index is 1300. The average molecular weight is 492 g/mol. The molecule has 3 N–H and O–H groups in total. The lowest BCUT2D eigenvalue weighted by Gasteiger charge is -2.52. The number of rotatable bonds is 6. The van der Waals surface area contributed by atoms with Gasteiger partial charge in [-0.3, -0.25) is 9.69 Å². The highest BCUT2D eigenvalue weighted by molar-refractivity contribution is 5.73. The fourth-order valence-electron chi connectivity index (χ4n) is 5.55. The van der Waals surface area contributed by atoms with Crippen LogP contribution in [0.25, 0.3) is 17.1 Å². The second-order valence-corrected chi connectivity index (χ2v) is 10.5. The minimum Gasteiger partial charge on any atom is -0.508 e. The largest absolute Gasteiger partial charge is 0.508 e. The van der Waals surface area contributed by atoms with Gasteiger partial charge >= 0.3 is 5.69 Å². The third-order valence-corrected chi connectivity index (χ3v) is 7.66. The molecule has 2 fully saturated rings. The maximum atomic E-state index is 12.7. The van der Waals surface area contributed by atoms with E-state index in [1.807, 2.05) is 37.0 Å². The molecule has 5 rings (SSSR count). The average Bonchev–Trinajstić information content (AvgIpc) is 3.05. The summed E-state index contributed by atoms with van der Waals surface area (Å²) in [6.07, 6.45) is 11.9. The Kier molecular flexibility index (Phi) is 6.34. The first-order chi connectivity index (χ1) is 17.3. The molecule has 190 valence electrons. The molecule has 1 spiro atoms. The highest BCUT2D eigenvalue weighted by Crippen LogP contribution is 2.40. The molecule has 1 aliphatic carbocycles. The molecule has 1 amide bonds. The van der Waals surface area contributed by atoms with Crippen LogP contribution in [-0.4, -0.2) is 73.9 Å². The lowest BCUT2D eigenvalue weighted by Crippen LogP contribution is -2.59. The van der Waals surface area contributed by atoms with E-state index in [0.29, 0.717) is 34.5 Å². The summed E-state index contributed by atoms with van der Waals surface area (Å²) in [4.78, 5) is 28.0. The van der Waals surface area contributed by atoms with Crippen LogP contribution in [0, 0.1) is 5.41 Å². The number of amides is 1. The minimum atomic E-state index is -0.394. The van der Waals surface area contributed by atoms with E-state index in [1.165, 1.54) is 16.2 Å². The molecule has 9 heteroatoms. The van der Waals surface area contributed by atoms with Crippen molar-refractivity contribution in [3.8, 4) is 22.9 Å². The molecule has 3 aliphatic rings. The third-order valence-electron chi connectivity index (χ3n) is 7.66. The molecular weight excluding hydrogens is 458 g/mol. The quantitative estimate of drug-likeness (QED) is 0.535. The number of carbonyl (C=O) groups excluding carboxylic acids is 1. The lowest BCUT2D eigenvalue weighted by atomic mass is 9.72. The van der Waals surface area contributed by atoms with E-state index in [0.717, 1.165) is 52.0 Å². The molecule has 1 aromatic heterocycles. The highest BCUT2D eigenvalue weighted by Gasteiger charge is 2.44. The molecule has 0 bridgehead atoms. The van der Waals surface area contributed by atoms with Crippen molar-refractivity contribution < 1.29 is 15.0 Å². The lowest BCUT2D eigenvalue weighted by molar-refractivity contribution is -0.132. The number of phenolic OH excluding ortho intramolecular Hbond substituents is 2. The predicted molar refractivity (Wildman–Crippen MR) is 138 cm³/mol. The number of hydrogen-bond donors (Lipinski definition) is 3. The van der Waals surface area contributed by atoms with Gasteiger partial charge in [-0.15, -0.1) is 0 Å². The van der Waals surface area contributed by atoms with Crippen LogP contribution in [-0.2, 0) is 4.79 Å². The topological polar surface area (TPSA) is 115 Å². The summed E-state index contributed by atoms with van der Waals surface area (Å²) in [5.41, 5.74) is 2.83. The predicted octanol–water partition coefficient (Wildman–Crippen LogP) is 3.05. The molecule has 0 atom stereocenters. The van der Waals surface area contributed by atoms with E-state index in [2.05, 4.69) is 21.2 Å².